The molecule has 272 valence electrons. The minimum atomic E-state index is -0.422. The summed E-state index contributed by atoms with van der Waals surface area (Å²) < 4.78 is 27.0. The predicted molar refractivity (Wildman–Crippen MR) is 199 cm³/mol. The van der Waals surface area contributed by atoms with Crippen molar-refractivity contribution in [2.24, 2.45) is 5.41 Å². The molecule has 2 aliphatic heterocycles. The van der Waals surface area contributed by atoms with Crippen LogP contribution in [0.4, 0.5) is 4.39 Å². The van der Waals surface area contributed by atoms with Crippen LogP contribution < -0.4 is 25.4 Å². The van der Waals surface area contributed by atoms with Gasteiger partial charge in [-0.05, 0) is 43.5 Å². The standard InChI is InChI=1S/C39H41Cl2FN6O4/c1-22(49)48-20-39(21-48)15-26(16-39)45-19-30-31(42)13-24(14-33(30)51-2)37-36(41)28(11-12-44-37)27-5-4-6-29(35(27)40)32-9-7-23(38(47-32)52-3)17-43-18-25-8-10-34(50)46-25/h4-7,9,11-14,25-26,43,45H,8,10,15-21H2,1-3H3,(H,46,50)/t25-/m0/s1. The number of carbonyl (C=O) groups excluding carboxylic acids is 2. The Balaban J connectivity index is 1.07. The van der Waals surface area contributed by atoms with E-state index < -0.39 is 5.82 Å². The normalized spacial score (nSPS) is 17.8. The Morgan fingerprint density at radius 2 is 1.81 bits per heavy atom. The van der Waals surface area contributed by atoms with Crippen molar-refractivity contribution < 1.29 is 23.5 Å². The lowest BCUT2D eigenvalue weighted by Gasteiger charge is -2.59. The van der Waals surface area contributed by atoms with Gasteiger partial charge in [-0.3, -0.25) is 14.6 Å². The second kappa shape index (κ2) is 15.0. The van der Waals surface area contributed by atoms with E-state index in [1.54, 1.807) is 32.4 Å². The highest BCUT2D eigenvalue weighted by atomic mass is 35.5. The Bertz CT molecular complexity index is 2020. The number of nitrogens with zero attached hydrogens (tertiary/aromatic N) is 3. The zero-order chi connectivity index (χ0) is 36.6. The molecule has 13 heteroatoms. The van der Waals surface area contributed by atoms with E-state index in [1.165, 1.54) is 13.2 Å². The Hall–Kier alpha value is -4.29. The maximum absolute atomic E-state index is 15.7. The summed E-state index contributed by atoms with van der Waals surface area (Å²) in [6.45, 7) is 4.70. The van der Waals surface area contributed by atoms with Crippen molar-refractivity contribution in [1.29, 1.82) is 0 Å². The summed E-state index contributed by atoms with van der Waals surface area (Å²) in [5.41, 5.74) is 5.00. The van der Waals surface area contributed by atoms with E-state index in [1.807, 2.05) is 35.2 Å². The van der Waals surface area contributed by atoms with E-state index in [2.05, 4.69) is 20.9 Å². The molecule has 1 saturated carbocycles. The van der Waals surface area contributed by atoms with Gasteiger partial charge in [-0.2, -0.15) is 0 Å². The van der Waals surface area contributed by atoms with Crippen LogP contribution in [0.25, 0.3) is 33.6 Å². The lowest BCUT2D eigenvalue weighted by Crippen LogP contribution is -2.66. The number of carbonyl (C=O) groups is 2. The Morgan fingerprint density at radius 1 is 1.04 bits per heavy atom. The zero-order valence-electron chi connectivity index (χ0n) is 29.3. The largest absolute Gasteiger partial charge is 0.496 e. The fourth-order valence-electron chi connectivity index (χ4n) is 7.66. The van der Waals surface area contributed by atoms with Crippen LogP contribution in [0.5, 0.6) is 11.6 Å². The maximum atomic E-state index is 15.7. The summed E-state index contributed by atoms with van der Waals surface area (Å²) in [7, 11) is 3.10. The molecule has 2 saturated heterocycles. The van der Waals surface area contributed by atoms with Gasteiger partial charge in [-0.15, -0.1) is 0 Å². The SMILES string of the molecule is COc1cc(-c2nccc(-c3cccc(-c4ccc(CNC[C@@H]5CCC(=O)N5)c(OC)n4)c3Cl)c2Cl)cc(F)c1CNC1CC2(C1)CN(C(C)=O)C2. The van der Waals surface area contributed by atoms with E-state index in [-0.39, 0.29) is 29.3 Å². The van der Waals surface area contributed by atoms with E-state index in [9.17, 15) is 9.59 Å². The van der Waals surface area contributed by atoms with Crippen molar-refractivity contribution in [3.8, 4) is 45.3 Å². The third-order valence-electron chi connectivity index (χ3n) is 10.4. The minimum Gasteiger partial charge on any atom is -0.496 e. The molecule has 7 rings (SSSR count). The molecule has 2 aromatic heterocycles. The number of likely N-dealkylation sites (tertiary alicyclic amines) is 1. The Labute approximate surface area is 312 Å². The smallest absolute Gasteiger partial charge is 0.220 e. The molecule has 0 unspecified atom stereocenters. The van der Waals surface area contributed by atoms with E-state index >= 15 is 4.39 Å². The molecule has 1 spiro atoms. The summed E-state index contributed by atoms with van der Waals surface area (Å²) in [4.78, 5) is 34.3. The number of aromatic nitrogens is 2. The van der Waals surface area contributed by atoms with E-state index in [4.69, 9.17) is 37.7 Å². The first-order valence-corrected chi connectivity index (χ1v) is 18.2. The lowest BCUT2D eigenvalue weighted by atomic mass is 9.60. The first-order valence-electron chi connectivity index (χ1n) is 17.4. The second-order valence-electron chi connectivity index (χ2n) is 14.0. The number of amides is 2. The van der Waals surface area contributed by atoms with Gasteiger partial charge in [0.15, 0.2) is 0 Å². The van der Waals surface area contributed by atoms with E-state index in [0.29, 0.717) is 86.9 Å². The number of nitrogens with one attached hydrogen (secondary N) is 3. The summed E-state index contributed by atoms with van der Waals surface area (Å²) in [6.07, 6.45) is 4.93. The van der Waals surface area contributed by atoms with Gasteiger partial charge in [0, 0.05) is 103 Å². The Morgan fingerprint density at radius 3 is 2.52 bits per heavy atom. The van der Waals surface area contributed by atoms with E-state index in [0.717, 1.165) is 37.9 Å². The van der Waals surface area contributed by atoms with Crippen LogP contribution in [0.2, 0.25) is 10.0 Å². The third kappa shape index (κ3) is 7.19. The van der Waals surface area contributed by atoms with Gasteiger partial charge in [0.25, 0.3) is 0 Å². The molecule has 2 amide bonds. The van der Waals surface area contributed by atoms with Gasteiger partial charge < -0.3 is 30.3 Å². The first-order chi connectivity index (χ1) is 25.1. The predicted octanol–water partition coefficient (Wildman–Crippen LogP) is 6.41. The van der Waals surface area contributed by atoms with Crippen LogP contribution in [0.3, 0.4) is 0 Å². The van der Waals surface area contributed by atoms with Crippen molar-refractivity contribution in [2.75, 3.05) is 33.9 Å². The molecule has 4 heterocycles. The lowest BCUT2D eigenvalue weighted by molar-refractivity contribution is -0.149. The molecular weight excluding hydrogens is 706 g/mol. The summed E-state index contributed by atoms with van der Waals surface area (Å²) in [6, 6.07) is 14.8. The van der Waals surface area contributed by atoms with Crippen molar-refractivity contribution >= 4 is 35.0 Å². The molecule has 0 radical (unpaired) electrons. The molecule has 10 nitrogen and oxygen atoms in total. The zero-order valence-corrected chi connectivity index (χ0v) is 30.8. The van der Waals surface area contributed by atoms with Crippen molar-refractivity contribution in [2.45, 2.75) is 57.8 Å². The van der Waals surface area contributed by atoms with Gasteiger partial charge in [0.1, 0.15) is 11.6 Å². The number of hydrogen-bond donors (Lipinski definition) is 3. The molecule has 3 fully saturated rings. The highest BCUT2D eigenvalue weighted by Crippen LogP contribution is 2.48. The van der Waals surface area contributed by atoms with Gasteiger partial charge in [-0.25, -0.2) is 9.37 Å². The minimum absolute atomic E-state index is 0.0854. The molecule has 52 heavy (non-hydrogen) atoms. The highest BCUT2D eigenvalue weighted by Gasteiger charge is 2.52. The first kappa shape index (κ1) is 36.1. The average molecular weight is 748 g/mol. The fourth-order valence-corrected chi connectivity index (χ4v) is 8.30. The van der Waals surface area contributed by atoms with Crippen LogP contribution >= 0.6 is 23.2 Å². The van der Waals surface area contributed by atoms with Crippen LogP contribution in [0, 0.1) is 11.2 Å². The van der Waals surface area contributed by atoms with Gasteiger partial charge in [0.05, 0.1) is 35.7 Å². The fraction of sp³-hybridized carbons (Fsp3) is 0.385. The van der Waals surface area contributed by atoms with Gasteiger partial charge in [0.2, 0.25) is 17.7 Å². The van der Waals surface area contributed by atoms with Crippen LogP contribution in [0.1, 0.15) is 43.7 Å². The van der Waals surface area contributed by atoms with Gasteiger partial charge >= 0.3 is 0 Å². The average Bonchev–Trinajstić information content (AvgIpc) is 3.52. The van der Waals surface area contributed by atoms with Crippen molar-refractivity contribution in [3.05, 3.63) is 81.7 Å². The molecule has 3 aliphatic rings. The summed E-state index contributed by atoms with van der Waals surface area (Å²) in [5.74, 6) is 0.646. The van der Waals surface area contributed by atoms with Crippen LogP contribution in [0.15, 0.2) is 54.7 Å². The molecule has 2 aromatic carbocycles. The topological polar surface area (TPSA) is 118 Å². The van der Waals surface area contributed by atoms with Crippen molar-refractivity contribution in [1.82, 2.24) is 30.8 Å². The van der Waals surface area contributed by atoms with Gasteiger partial charge in [-0.1, -0.05) is 47.5 Å². The van der Waals surface area contributed by atoms with Crippen molar-refractivity contribution in [3.63, 3.8) is 0 Å². The molecule has 1 atom stereocenters. The number of pyridine rings is 2. The van der Waals surface area contributed by atoms with Crippen LogP contribution in [-0.2, 0) is 22.7 Å². The monoisotopic (exact) mass is 746 g/mol. The number of ether oxygens (including phenoxy) is 2. The molecule has 3 N–H and O–H groups in total. The molecule has 0 bridgehead atoms. The molecular formula is C39H41Cl2FN6O4. The third-order valence-corrected chi connectivity index (χ3v) is 11.2. The number of rotatable bonds is 12. The molecule has 4 aromatic rings. The van der Waals surface area contributed by atoms with Crippen LogP contribution in [-0.4, -0.2) is 72.6 Å². The second-order valence-corrected chi connectivity index (χ2v) is 14.7. The maximum Gasteiger partial charge on any atom is 0.220 e. The number of methoxy groups -OCH3 is 2. The number of halogens is 3. The number of hydrogen-bond acceptors (Lipinski definition) is 8. The molecule has 1 aliphatic carbocycles. The summed E-state index contributed by atoms with van der Waals surface area (Å²) >= 11 is 14.1. The summed E-state index contributed by atoms with van der Waals surface area (Å²) in [5, 5.41) is 10.6. The highest BCUT2D eigenvalue weighted by molar-refractivity contribution is 6.39. The Kier molecular flexibility index (Phi) is 10.4. The number of benzene rings is 2. The quantitative estimate of drug-likeness (QED) is 0.152.